The summed E-state index contributed by atoms with van der Waals surface area (Å²) in [5.74, 6) is 1.63. The van der Waals surface area contributed by atoms with Gasteiger partial charge in [0.05, 0.1) is 30.6 Å². The normalized spacial score (nSPS) is 15.0. The van der Waals surface area contributed by atoms with E-state index in [-0.39, 0.29) is 5.97 Å². The molecule has 0 aromatic carbocycles. The summed E-state index contributed by atoms with van der Waals surface area (Å²) in [7, 11) is 1.41. The number of pyridine rings is 2. The predicted octanol–water partition coefficient (Wildman–Crippen LogP) is 3.70. The number of hydrogen-bond acceptors (Lipinski definition) is 7. The van der Waals surface area contributed by atoms with Crippen LogP contribution in [0, 0.1) is 0 Å². The minimum Gasteiger partial charge on any atom is -0.465 e. The third kappa shape index (κ3) is 3.63. The summed E-state index contributed by atoms with van der Waals surface area (Å²) in [6.45, 7) is 0.542. The second-order valence-electron chi connectivity index (χ2n) is 7.77. The first-order valence-electron chi connectivity index (χ1n) is 10.3. The highest BCUT2D eigenvalue weighted by molar-refractivity contribution is 5.90. The molecule has 0 amide bonds. The quantitative estimate of drug-likeness (QED) is 0.630. The lowest BCUT2D eigenvalue weighted by Crippen LogP contribution is -2.12. The van der Waals surface area contributed by atoms with Gasteiger partial charge in [0.15, 0.2) is 5.82 Å². The molecule has 3 heterocycles. The molecule has 0 bridgehead atoms. The zero-order chi connectivity index (χ0) is 20.5. The van der Waals surface area contributed by atoms with Gasteiger partial charge in [-0.25, -0.2) is 14.8 Å². The molecule has 3 aromatic rings. The second kappa shape index (κ2) is 7.82. The van der Waals surface area contributed by atoms with Crippen molar-refractivity contribution in [3.05, 3.63) is 64.9 Å². The molecule has 1 fully saturated rings. The lowest BCUT2D eigenvalue weighted by molar-refractivity contribution is 0.0598. The van der Waals surface area contributed by atoms with Gasteiger partial charge in [0.1, 0.15) is 5.82 Å². The molecule has 0 radical (unpaired) electrons. The molecule has 30 heavy (non-hydrogen) atoms. The van der Waals surface area contributed by atoms with E-state index in [0.29, 0.717) is 23.9 Å². The van der Waals surface area contributed by atoms with Crippen molar-refractivity contribution in [2.45, 2.75) is 44.6 Å². The Morgan fingerprint density at radius 2 is 1.93 bits per heavy atom. The minimum atomic E-state index is -0.320. The summed E-state index contributed by atoms with van der Waals surface area (Å²) >= 11 is 0. The number of carbonyl (C=O) groups excluding carboxylic acids is 1. The van der Waals surface area contributed by atoms with Crippen molar-refractivity contribution in [3.63, 3.8) is 0 Å². The predicted molar refractivity (Wildman–Crippen MR) is 112 cm³/mol. The zero-order valence-corrected chi connectivity index (χ0v) is 16.9. The smallest absolute Gasteiger partial charge is 0.339 e. The molecule has 0 atom stereocenters. The number of nitrogens with zero attached hydrogens (tertiary/aromatic N) is 4. The summed E-state index contributed by atoms with van der Waals surface area (Å²) < 4.78 is 4.91. The number of carbonyl (C=O) groups is 1. The van der Waals surface area contributed by atoms with Crippen molar-refractivity contribution in [1.29, 1.82) is 0 Å². The Hall–Kier alpha value is -3.35. The molecular formula is C23H23N5O2. The molecule has 2 aliphatic carbocycles. The van der Waals surface area contributed by atoms with E-state index in [1.54, 1.807) is 12.4 Å². The Balaban J connectivity index is 1.42. The van der Waals surface area contributed by atoms with E-state index in [9.17, 15) is 4.79 Å². The van der Waals surface area contributed by atoms with Crippen molar-refractivity contribution in [2.24, 2.45) is 0 Å². The van der Waals surface area contributed by atoms with E-state index in [4.69, 9.17) is 19.7 Å². The molecule has 1 N–H and O–H groups in total. The molecule has 1 saturated carbocycles. The summed E-state index contributed by atoms with van der Waals surface area (Å²) in [5, 5.41) is 3.48. The lowest BCUT2D eigenvalue weighted by atomic mass is 10.1. The maximum absolute atomic E-state index is 12.1. The molecule has 0 saturated heterocycles. The van der Waals surface area contributed by atoms with Gasteiger partial charge in [0.25, 0.3) is 0 Å². The van der Waals surface area contributed by atoms with Crippen LogP contribution in [-0.4, -0.2) is 33.0 Å². The average molecular weight is 401 g/mol. The van der Waals surface area contributed by atoms with E-state index in [2.05, 4.69) is 10.3 Å². The molecule has 152 valence electrons. The van der Waals surface area contributed by atoms with E-state index < -0.39 is 0 Å². The SMILES string of the molecule is COC(=O)c1ccc(CNc2nc(-c3ccncc3)nc3c2CCC3)nc1C1CC1. The average Bonchev–Trinajstić information content (AvgIpc) is 3.54. The van der Waals surface area contributed by atoms with Crippen LogP contribution in [0.5, 0.6) is 0 Å². The van der Waals surface area contributed by atoms with E-state index >= 15 is 0 Å². The second-order valence-corrected chi connectivity index (χ2v) is 7.77. The van der Waals surface area contributed by atoms with Crippen molar-refractivity contribution in [1.82, 2.24) is 19.9 Å². The first-order valence-corrected chi connectivity index (χ1v) is 10.3. The highest BCUT2D eigenvalue weighted by Crippen LogP contribution is 2.41. The van der Waals surface area contributed by atoms with Gasteiger partial charge in [-0.2, -0.15) is 0 Å². The van der Waals surface area contributed by atoms with E-state index in [1.165, 1.54) is 12.7 Å². The van der Waals surface area contributed by atoms with Gasteiger partial charge in [0.2, 0.25) is 0 Å². The van der Waals surface area contributed by atoms with E-state index in [1.807, 2.05) is 24.3 Å². The van der Waals surface area contributed by atoms with Crippen LogP contribution in [0.25, 0.3) is 11.4 Å². The highest BCUT2D eigenvalue weighted by atomic mass is 16.5. The fourth-order valence-corrected chi connectivity index (χ4v) is 3.95. The third-order valence-corrected chi connectivity index (χ3v) is 5.66. The van der Waals surface area contributed by atoms with Crippen LogP contribution in [0.15, 0.2) is 36.7 Å². The minimum absolute atomic E-state index is 0.320. The lowest BCUT2D eigenvalue weighted by Gasteiger charge is -2.13. The van der Waals surface area contributed by atoms with E-state index in [0.717, 1.165) is 60.6 Å². The Bertz CT molecular complexity index is 1100. The number of ether oxygens (including phenoxy) is 1. The van der Waals surface area contributed by atoms with Crippen LogP contribution in [0.1, 0.15) is 58.2 Å². The number of rotatable bonds is 6. The van der Waals surface area contributed by atoms with Crippen molar-refractivity contribution in [2.75, 3.05) is 12.4 Å². The molecule has 7 heteroatoms. The summed E-state index contributed by atoms with van der Waals surface area (Å²) in [6.07, 6.45) is 8.71. The Labute approximate surface area is 175 Å². The molecular weight excluding hydrogens is 378 g/mol. The largest absolute Gasteiger partial charge is 0.465 e. The fraction of sp³-hybridized carbons (Fsp3) is 0.348. The van der Waals surface area contributed by atoms with Crippen molar-refractivity contribution < 1.29 is 9.53 Å². The first-order chi connectivity index (χ1) is 14.7. The molecule has 2 aliphatic rings. The number of fused-ring (bicyclic) bond motifs is 1. The van der Waals surface area contributed by atoms with Gasteiger partial charge >= 0.3 is 5.97 Å². The zero-order valence-electron chi connectivity index (χ0n) is 16.9. The molecule has 3 aromatic heterocycles. The number of anilines is 1. The number of aryl methyl sites for hydroxylation is 1. The van der Waals surface area contributed by atoms with Crippen LogP contribution in [0.3, 0.4) is 0 Å². The van der Waals surface area contributed by atoms with Gasteiger partial charge in [0, 0.05) is 35.1 Å². The maximum atomic E-state index is 12.1. The molecule has 5 rings (SSSR count). The molecule has 0 spiro atoms. The third-order valence-electron chi connectivity index (χ3n) is 5.66. The number of methoxy groups -OCH3 is 1. The number of aromatic nitrogens is 4. The number of esters is 1. The summed E-state index contributed by atoms with van der Waals surface area (Å²) in [4.78, 5) is 30.5. The molecule has 7 nitrogen and oxygen atoms in total. The van der Waals surface area contributed by atoms with Gasteiger partial charge in [-0.05, 0) is 56.4 Å². The van der Waals surface area contributed by atoms with Gasteiger partial charge < -0.3 is 10.1 Å². The van der Waals surface area contributed by atoms with Crippen LogP contribution >= 0.6 is 0 Å². The molecule has 0 unspecified atom stereocenters. The monoisotopic (exact) mass is 401 g/mol. The van der Waals surface area contributed by atoms with Crippen LogP contribution in [0.4, 0.5) is 5.82 Å². The van der Waals surface area contributed by atoms with Crippen LogP contribution < -0.4 is 5.32 Å². The standard InChI is InChI=1S/C23H23N5O2/c1-30-23(29)18-8-7-16(26-20(18)14-5-6-14)13-25-22-17-3-2-4-19(17)27-21(28-22)15-9-11-24-12-10-15/h7-12,14H,2-6,13H2,1H3,(H,25,27,28). The van der Waals surface area contributed by atoms with Gasteiger partial charge in [-0.1, -0.05) is 0 Å². The van der Waals surface area contributed by atoms with Gasteiger partial charge in [-0.3, -0.25) is 9.97 Å². The van der Waals surface area contributed by atoms with Crippen molar-refractivity contribution in [3.8, 4) is 11.4 Å². The van der Waals surface area contributed by atoms with Gasteiger partial charge in [-0.15, -0.1) is 0 Å². The molecule has 0 aliphatic heterocycles. The first kappa shape index (κ1) is 18.7. The Morgan fingerprint density at radius 3 is 2.70 bits per heavy atom. The Kier molecular flexibility index (Phi) is 4.86. The van der Waals surface area contributed by atoms with Crippen molar-refractivity contribution >= 4 is 11.8 Å². The number of hydrogen-bond donors (Lipinski definition) is 1. The maximum Gasteiger partial charge on any atom is 0.339 e. The fourth-order valence-electron chi connectivity index (χ4n) is 3.95. The summed E-state index contributed by atoms with van der Waals surface area (Å²) in [5.41, 5.74) is 5.59. The summed E-state index contributed by atoms with van der Waals surface area (Å²) in [6, 6.07) is 7.57. The van der Waals surface area contributed by atoms with Crippen LogP contribution in [0.2, 0.25) is 0 Å². The Morgan fingerprint density at radius 1 is 1.10 bits per heavy atom. The highest BCUT2D eigenvalue weighted by Gasteiger charge is 2.30. The topological polar surface area (TPSA) is 89.9 Å². The number of nitrogens with one attached hydrogen (secondary N) is 1. The van der Waals surface area contributed by atoms with Crippen LogP contribution in [-0.2, 0) is 24.1 Å².